The lowest BCUT2D eigenvalue weighted by molar-refractivity contribution is -0.311. The van der Waals surface area contributed by atoms with Crippen LogP contribution in [0.2, 0.25) is 0 Å². The first-order chi connectivity index (χ1) is 22.5. The van der Waals surface area contributed by atoms with Gasteiger partial charge < -0.3 is 49.6 Å². The monoisotopic (exact) mass is 694 g/mol. The fraction of sp³-hybridized carbons (Fsp3) is 0.946. The van der Waals surface area contributed by atoms with Crippen LogP contribution in [0.4, 0.5) is 0 Å². The van der Waals surface area contributed by atoms with Crippen LogP contribution >= 0.6 is 0 Å². The van der Waals surface area contributed by atoms with Crippen LogP contribution in [-0.2, 0) is 28.5 Å². The van der Waals surface area contributed by atoms with E-state index in [0.29, 0.717) is 25.7 Å². The summed E-state index contributed by atoms with van der Waals surface area (Å²) in [6, 6.07) is 0. The van der Waals surface area contributed by atoms with Crippen LogP contribution in [0.3, 0.4) is 0 Å². The van der Waals surface area contributed by atoms with Crippen molar-refractivity contribution in [2.75, 3.05) is 6.61 Å². The molecule has 7 rings (SSSR count). The Morgan fingerprint density at radius 1 is 1.00 bits per heavy atom. The fourth-order valence-corrected chi connectivity index (χ4v) is 13.5. The number of carbonyl (C=O) groups excluding carboxylic acids is 2. The molecule has 2 heterocycles. The number of hydrogen-bond acceptors (Lipinski definition) is 12. The summed E-state index contributed by atoms with van der Waals surface area (Å²) >= 11 is 0. The highest BCUT2D eigenvalue weighted by Gasteiger charge is 2.89. The molecular formula is C37H58O12. The number of rotatable bonds is 5. The summed E-state index contributed by atoms with van der Waals surface area (Å²) in [7, 11) is 0. The van der Waals surface area contributed by atoms with Crippen molar-refractivity contribution in [3.05, 3.63) is 0 Å². The number of aliphatic hydroxyl groups is 6. The molecule has 6 N–H and O–H groups in total. The van der Waals surface area contributed by atoms with Crippen molar-refractivity contribution < 1.29 is 59.2 Å². The molecule has 7 aliphatic rings. The Labute approximate surface area is 288 Å². The summed E-state index contributed by atoms with van der Waals surface area (Å²) in [6.07, 6.45) is -3.53. The minimum absolute atomic E-state index is 0.114. The average Bonchev–Trinajstić information content (AvgIpc) is 3.63. The van der Waals surface area contributed by atoms with E-state index < -0.39 is 82.8 Å². The number of hydrogen-bond donors (Lipinski definition) is 6. The lowest BCUT2D eigenvalue weighted by Crippen LogP contribution is -2.65. The van der Waals surface area contributed by atoms with Gasteiger partial charge in [-0.05, 0) is 92.8 Å². The molecule has 278 valence electrons. The summed E-state index contributed by atoms with van der Waals surface area (Å²) in [4.78, 5) is 27.9. The highest BCUT2D eigenvalue weighted by Crippen LogP contribution is 2.89. The quantitative estimate of drug-likeness (QED) is 0.181. The molecule has 0 radical (unpaired) electrons. The Bertz CT molecular complexity index is 1380. The topological polar surface area (TPSA) is 192 Å². The Kier molecular flexibility index (Phi) is 8.05. The van der Waals surface area contributed by atoms with Crippen molar-refractivity contribution in [2.45, 2.75) is 161 Å². The molecule has 5 saturated carbocycles. The summed E-state index contributed by atoms with van der Waals surface area (Å²) in [5, 5.41) is 65.1. The number of ether oxygens (including phenoxy) is 4. The van der Waals surface area contributed by atoms with Crippen molar-refractivity contribution in [3.8, 4) is 0 Å². The second-order valence-corrected chi connectivity index (χ2v) is 18.7. The molecule has 0 aromatic rings. The van der Waals surface area contributed by atoms with Crippen molar-refractivity contribution >= 4 is 11.8 Å². The standard InChI is InChI=1S/C37H58O12/c1-17-13-20(28(42)32(5,6)44)49-37(45)27(17)34(8)24(47-18(2)38)14-36-16-35(36)12-11-23(48-29-26(41)25(40)19(39)15-46-29)31(3,4)21(35)9-10-22(36)33(34,7)30(37)43/h17,19-29,39-42,44-45H,9-16H2,1-8H3. The molecule has 5 aliphatic carbocycles. The van der Waals surface area contributed by atoms with Gasteiger partial charge in [0.05, 0.1) is 24.4 Å². The normalized spacial score (nSPS) is 55.2. The fourth-order valence-electron chi connectivity index (χ4n) is 13.5. The van der Waals surface area contributed by atoms with E-state index in [0.717, 1.165) is 19.3 Å². The van der Waals surface area contributed by atoms with Gasteiger partial charge in [0.2, 0.25) is 5.79 Å². The molecule has 17 unspecified atom stereocenters. The van der Waals surface area contributed by atoms with Crippen molar-refractivity contribution in [2.24, 2.45) is 50.7 Å². The third-order valence-electron chi connectivity index (χ3n) is 15.7. The molecule has 2 spiro atoms. The van der Waals surface area contributed by atoms with Crippen molar-refractivity contribution in [1.29, 1.82) is 0 Å². The lowest BCUT2D eigenvalue weighted by atomic mass is 9.40. The zero-order valence-electron chi connectivity index (χ0n) is 30.2. The van der Waals surface area contributed by atoms with Crippen LogP contribution < -0.4 is 0 Å². The number of fused-ring (bicyclic) bond motifs is 4. The largest absolute Gasteiger partial charge is 0.462 e. The predicted molar refractivity (Wildman–Crippen MR) is 172 cm³/mol. The van der Waals surface area contributed by atoms with Gasteiger partial charge in [-0.1, -0.05) is 34.6 Å². The number of carbonyl (C=O) groups is 2. The SMILES string of the molecule is CC(=O)OC1CC23CC24CCC(OC2OCC(O)C(O)C2O)C(C)(C)C4CCC3C2(C)C(=O)C3(O)OC(C(O)C(C)(C)O)CC(C)C3C12C. The van der Waals surface area contributed by atoms with E-state index in [1.807, 2.05) is 20.8 Å². The van der Waals surface area contributed by atoms with Gasteiger partial charge in [-0.15, -0.1) is 0 Å². The molecule has 2 aliphatic heterocycles. The highest BCUT2D eigenvalue weighted by atomic mass is 16.7. The van der Waals surface area contributed by atoms with Gasteiger partial charge in [-0.25, -0.2) is 0 Å². The van der Waals surface area contributed by atoms with Gasteiger partial charge in [-0.3, -0.25) is 9.59 Å². The van der Waals surface area contributed by atoms with Gasteiger partial charge in [0.25, 0.3) is 0 Å². The zero-order chi connectivity index (χ0) is 36.1. The second kappa shape index (κ2) is 10.9. The molecule has 12 heteroatoms. The van der Waals surface area contributed by atoms with E-state index in [4.69, 9.17) is 18.9 Å². The molecule has 0 aromatic carbocycles. The first-order valence-electron chi connectivity index (χ1n) is 18.4. The van der Waals surface area contributed by atoms with Crippen LogP contribution in [-0.4, -0.2) is 109 Å². The van der Waals surface area contributed by atoms with Gasteiger partial charge in [-0.2, -0.15) is 0 Å². The van der Waals surface area contributed by atoms with E-state index in [2.05, 4.69) is 13.8 Å². The summed E-state index contributed by atoms with van der Waals surface area (Å²) < 4.78 is 24.6. The maximum atomic E-state index is 15.1. The molecule has 0 bridgehead atoms. The lowest BCUT2D eigenvalue weighted by Gasteiger charge is -2.64. The Hall–Kier alpha value is -1.22. The van der Waals surface area contributed by atoms with Gasteiger partial charge in [0, 0.05) is 23.7 Å². The maximum absolute atomic E-state index is 15.1. The van der Waals surface area contributed by atoms with Crippen LogP contribution in [0.25, 0.3) is 0 Å². The molecule has 12 nitrogen and oxygen atoms in total. The van der Waals surface area contributed by atoms with E-state index in [9.17, 15) is 35.4 Å². The first-order valence-corrected chi connectivity index (χ1v) is 18.4. The summed E-state index contributed by atoms with van der Waals surface area (Å²) in [5.41, 5.74) is -4.46. The predicted octanol–water partition coefficient (Wildman–Crippen LogP) is 1.83. The van der Waals surface area contributed by atoms with Crippen LogP contribution in [0.5, 0.6) is 0 Å². The molecule has 0 amide bonds. The number of esters is 1. The van der Waals surface area contributed by atoms with Crippen molar-refractivity contribution in [1.82, 2.24) is 0 Å². The third-order valence-corrected chi connectivity index (χ3v) is 15.7. The summed E-state index contributed by atoms with van der Waals surface area (Å²) in [6.45, 7) is 14.5. The van der Waals surface area contributed by atoms with Crippen LogP contribution in [0.15, 0.2) is 0 Å². The third kappa shape index (κ3) is 4.48. The van der Waals surface area contributed by atoms with E-state index in [1.165, 1.54) is 20.8 Å². The molecule has 17 atom stereocenters. The average molecular weight is 695 g/mol. The number of ketones is 1. The minimum Gasteiger partial charge on any atom is -0.462 e. The van der Waals surface area contributed by atoms with Crippen LogP contribution in [0, 0.1) is 50.7 Å². The Morgan fingerprint density at radius 2 is 1.65 bits per heavy atom. The van der Waals surface area contributed by atoms with E-state index in [1.54, 1.807) is 0 Å². The highest BCUT2D eigenvalue weighted by molar-refractivity contribution is 5.96. The molecular weight excluding hydrogens is 636 g/mol. The Balaban J connectivity index is 1.24. The molecule has 49 heavy (non-hydrogen) atoms. The van der Waals surface area contributed by atoms with Crippen LogP contribution in [0.1, 0.15) is 100 Å². The van der Waals surface area contributed by atoms with E-state index in [-0.39, 0.29) is 46.7 Å². The molecule has 7 fully saturated rings. The summed E-state index contributed by atoms with van der Waals surface area (Å²) in [5.74, 6) is -4.02. The minimum atomic E-state index is -2.23. The zero-order valence-corrected chi connectivity index (χ0v) is 30.2. The molecule has 0 aromatic heterocycles. The second-order valence-electron chi connectivity index (χ2n) is 18.7. The maximum Gasteiger partial charge on any atom is 0.302 e. The molecule has 2 saturated heterocycles. The number of aliphatic hydroxyl groups excluding tert-OH is 4. The van der Waals surface area contributed by atoms with Gasteiger partial charge in [0.15, 0.2) is 12.1 Å². The van der Waals surface area contributed by atoms with Gasteiger partial charge >= 0.3 is 5.97 Å². The number of Topliss-reactive ketones (excluding diaryl/α,β-unsaturated/α-hetero) is 1. The van der Waals surface area contributed by atoms with Crippen molar-refractivity contribution in [3.63, 3.8) is 0 Å². The van der Waals surface area contributed by atoms with Gasteiger partial charge in [0.1, 0.15) is 30.5 Å². The first kappa shape index (κ1) is 36.2. The Morgan fingerprint density at radius 3 is 2.29 bits per heavy atom. The van der Waals surface area contributed by atoms with E-state index >= 15 is 4.79 Å². The smallest absolute Gasteiger partial charge is 0.302 e.